The number of rotatable bonds is 1. The highest BCUT2D eigenvalue weighted by Crippen LogP contribution is 2.28. The molecule has 1 aromatic carbocycles. The minimum atomic E-state index is -1.62. The van der Waals surface area contributed by atoms with Crippen LogP contribution in [0.2, 0.25) is 0 Å². The van der Waals surface area contributed by atoms with Crippen molar-refractivity contribution in [2.45, 2.75) is 0 Å². The lowest BCUT2D eigenvalue weighted by atomic mass is 9.80. The molecule has 2 rings (SSSR count). The smallest absolute Gasteiger partial charge is 0.423 e. The fourth-order valence-corrected chi connectivity index (χ4v) is 3.24. The normalized spacial score (nSPS) is 10.9. The van der Waals surface area contributed by atoms with Crippen molar-refractivity contribution in [2.75, 3.05) is 0 Å². The fourth-order valence-electron chi connectivity index (χ4n) is 1.25. The summed E-state index contributed by atoms with van der Waals surface area (Å²) in [6, 6.07) is 2.75. The number of hydrogen-bond acceptors (Lipinski definition) is 3. The number of thiophene rings is 1. The van der Waals surface area contributed by atoms with Crippen LogP contribution in [0, 0.1) is 9.39 Å². The topological polar surface area (TPSA) is 40.5 Å². The van der Waals surface area contributed by atoms with Crippen LogP contribution in [0.15, 0.2) is 17.5 Å². The summed E-state index contributed by atoms with van der Waals surface area (Å²) >= 11 is 3.44. The SMILES string of the molecule is OB(O)c1cc(F)c2c(I)csc2c1. The molecule has 0 fully saturated rings. The fraction of sp³-hybridized carbons (Fsp3) is 0. The second kappa shape index (κ2) is 3.76. The van der Waals surface area contributed by atoms with Crippen molar-refractivity contribution in [3.05, 3.63) is 26.9 Å². The van der Waals surface area contributed by atoms with E-state index in [1.54, 1.807) is 6.07 Å². The van der Waals surface area contributed by atoms with E-state index in [-0.39, 0.29) is 5.46 Å². The maximum absolute atomic E-state index is 13.5. The quantitative estimate of drug-likeness (QED) is 0.614. The molecule has 0 aliphatic carbocycles. The summed E-state index contributed by atoms with van der Waals surface area (Å²) in [7, 11) is -1.62. The predicted octanol–water partition coefficient (Wildman–Crippen LogP) is 1.32. The second-order valence-electron chi connectivity index (χ2n) is 2.83. The molecule has 0 bridgehead atoms. The molecule has 1 heterocycles. The van der Waals surface area contributed by atoms with Gasteiger partial charge in [0.2, 0.25) is 0 Å². The Morgan fingerprint density at radius 1 is 1.36 bits per heavy atom. The largest absolute Gasteiger partial charge is 0.488 e. The maximum atomic E-state index is 13.5. The zero-order valence-corrected chi connectivity index (χ0v) is 9.84. The Hall–Kier alpha value is -0.175. The first-order valence-corrected chi connectivity index (χ1v) is 5.77. The van der Waals surface area contributed by atoms with Gasteiger partial charge in [0.25, 0.3) is 0 Å². The second-order valence-corrected chi connectivity index (χ2v) is 4.91. The van der Waals surface area contributed by atoms with Crippen molar-refractivity contribution in [3.63, 3.8) is 0 Å². The average Bonchev–Trinajstić information content (AvgIpc) is 2.48. The van der Waals surface area contributed by atoms with E-state index in [1.165, 1.54) is 11.3 Å². The molecule has 0 aliphatic heterocycles. The van der Waals surface area contributed by atoms with Crippen LogP contribution in [0.5, 0.6) is 0 Å². The highest BCUT2D eigenvalue weighted by Gasteiger charge is 2.16. The maximum Gasteiger partial charge on any atom is 0.488 e. The first kappa shape index (κ1) is 10.3. The highest BCUT2D eigenvalue weighted by atomic mass is 127. The van der Waals surface area contributed by atoms with Crippen molar-refractivity contribution in [1.29, 1.82) is 0 Å². The van der Waals surface area contributed by atoms with Gasteiger partial charge in [0, 0.05) is 19.0 Å². The van der Waals surface area contributed by atoms with E-state index in [0.717, 1.165) is 14.3 Å². The van der Waals surface area contributed by atoms with E-state index in [9.17, 15) is 4.39 Å². The van der Waals surface area contributed by atoms with E-state index >= 15 is 0 Å². The highest BCUT2D eigenvalue weighted by molar-refractivity contribution is 14.1. The number of hydrogen-bond donors (Lipinski definition) is 2. The molecule has 0 amide bonds. The van der Waals surface area contributed by atoms with Crippen LogP contribution in [0.3, 0.4) is 0 Å². The zero-order valence-electron chi connectivity index (χ0n) is 6.87. The van der Waals surface area contributed by atoms with E-state index in [4.69, 9.17) is 10.0 Å². The summed E-state index contributed by atoms with van der Waals surface area (Å²) in [6.45, 7) is 0. The molecule has 6 heteroatoms. The number of benzene rings is 1. The molecular formula is C8H5BFIO2S. The van der Waals surface area contributed by atoms with Gasteiger partial charge in [-0.2, -0.15) is 0 Å². The lowest BCUT2D eigenvalue weighted by Crippen LogP contribution is -2.29. The molecular weight excluding hydrogens is 317 g/mol. The Morgan fingerprint density at radius 3 is 2.71 bits per heavy atom. The van der Waals surface area contributed by atoms with Gasteiger partial charge >= 0.3 is 7.12 Å². The van der Waals surface area contributed by atoms with Crippen LogP contribution in [0.25, 0.3) is 10.1 Å². The van der Waals surface area contributed by atoms with Gasteiger partial charge in [-0.05, 0) is 40.2 Å². The van der Waals surface area contributed by atoms with Crippen LogP contribution in [-0.2, 0) is 0 Å². The minimum absolute atomic E-state index is 0.188. The number of halogens is 2. The Balaban J connectivity index is 2.74. The molecule has 2 nitrogen and oxygen atoms in total. The lowest BCUT2D eigenvalue weighted by molar-refractivity contribution is 0.425. The molecule has 72 valence electrons. The molecule has 0 unspecified atom stereocenters. The third-order valence-electron chi connectivity index (χ3n) is 1.90. The van der Waals surface area contributed by atoms with Gasteiger partial charge in [0.1, 0.15) is 5.82 Å². The van der Waals surface area contributed by atoms with Gasteiger partial charge in [0.05, 0.1) is 0 Å². The first-order valence-electron chi connectivity index (χ1n) is 3.82. The van der Waals surface area contributed by atoms with Crippen molar-refractivity contribution in [2.24, 2.45) is 0 Å². The van der Waals surface area contributed by atoms with Gasteiger partial charge in [-0.3, -0.25) is 0 Å². The summed E-state index contributed by atoms with van der Waals surface area (Å²) in [5.74, 6) is -0.406. The molecule has 14 heavy (non-hydrogen) atoms. The van der Waals surface area contributed by atoms with Gasteiger partial charge in [-0.15, -0.1) is 11.3 Å². The standard InChI is InChI=1S/C8H5BFIO2S/c10-5-1-4(9(12)13)2-7-8(5)6(11)3-14-7/h1-3,12-13H. The molecule has 1 aromatic heterocycles. The van der Waals surface area contributed by atoms with E-state index < -0.39 is 12.9 Å². The Morgan fingerprint density at radius 2 is 2.07 bits per heavy atom. The number of fused-ring (bicyclic) bond motifs is 1. The molecule has 0 radical (unpaired) electrons. The van der Waals surface area contributed by atoms with Crippen LogP contribution in [0.4, 0.5) is 4.39 Å². The van der Waals surface area contributed by atoms with Gasteiger partial charge in [-0.25, -0.2) is 4.39 Å². The minimum Gasteiger partial charge on any atom is -0.423 e. The predicted molar refractivity (Wildman–Crippen MR) is 64.3 cm³/mol. The first-order chi connectivity index (χ1) is 6.59. The van der Waals surface area contributed by atoms with Crippen molar-refractivity contribution < 1.29 is 14.4 Å². The van der Waals surface area contributed by atoms with Crippen LogP contribution in [-0.4, -0.2) is 17.2 Å². The Bertz CT molecular complexity index is 485. The molecule has 0 saturated carbocycles. The molecule has 0 atom stereocenters. The zero-order chi connectivity index (χ0) is 10.3. The molecule has 2 aromatic rings. The molecule has 0 aliphatic rings. The van der Waals surface area contributed by atoms with Gasteiger partial charge in [0.15, 0.2) is 0 Å². The monoisotopic (exact) mass is 322 g/mol. The van der Waals surface area contributed by atoms with Crippen molar-refractivity contribution in [1.82, 2.24) is 0 Å². The van der Waals surface area contributed by atoms with Crippen LogP contribution in [0.1, 0.15) is 0 Å². The van der Waals surface area contributed by atoms with Gasteiger partial charge < -0.3 is 10.0 Å². The summed E-state index contributed by atoms with van der Waals surface area (Å²) in [5, 5.41) is 20.2. The summed E-state index contributed by atoms with van der Waals surface area (Å²) in [4.78, 5) is 0. The average molecular weight is 322 g/mol. The third-order valence-corrected chi connectivity index (χ3v) is 4.11. The van der Waals surface area contributed by atoms with Crippen molar-refractivity contribution in [3.8, 4) is 0 Å². The van der Waals surface area contributed by atoms with Crippen molar-refractivity contribution >= 4 is 56.6 Å². The van der Waals surface area contributed by atoms with E-state index in [2.05, 4.69) is 22.6 Å². The molecule has 2 N–H and O–H groups in total. The van der Waals surface area contributed by atoms with Crippen LogP contribution < -0.4 is 5.46 Å². The van der Waals surface area contributed by atoms with E-state index in [1.807, 2.05) is 5.38 Å². The molecule has 0 saturated heterocycles. The summed E-state index contributed by atoms with van der Waals surface area (Å²) in [5.41, 5.74) is 0.188. The third kappa shape index (κ3) is 1.67. The molecule has 0 spiro atoms. The lowest BCUT2D eigenvalue weighted by Gasteiger charge is -2.00. The van der Waals surface area contributed by atoms with Crippen LogP contribution >= 0.6 is 33.9 Å². The Kier molecular flexibility index (Phi) is 2.78. The summed E-state index contributed by atoms with van der Waals surface area (Å²) in [6.07, 6.45) is 0. The Labute approximate surface area is 97.7 Å². The van der Waals surface area contributed by atoms with E-state index in [0.29, 0.717) is 5.39 Å². The van der Waals surface area contributed by atoms with Gasteiger partial charge in [-0.1, -0.05) is 0 Å². The summed E-state index contributed by atoms with van der Waals surface area (Å²) < 4.78 is 15.1.